The standard InChI is InChI=1S/C19H26N4O2/c1-5-23-14(3)19(13(2)21-23)20-18(24)12-22-10-9-17(22)15-7-6-8-16(11-15)25-4/h6-8,11,17H,5,9-10,12H2,1-4H3,(H,20,24). The molecule has 1 aromatic carbocycles. The zero-order valence-electron chi connectivity index (χ0n) is 15.4. The molecule has 0 bridgehead atoms. The summed E-state index contributed by atoms with van der Waals surface area (Å²) in [5, 5.41) is 7.49. The number of hydrogen-bond donors (Lipinski definition) is 1. The number of aryl methyl sites for hydroxylation is 2. The molecule has 0 saturated carbocycles. The molecule has 2 heterocycles. The monoisotopic (exact) mass is 342 g/mol. The molecule has 1 saturated heterocycles. The Morgan fingerprint density at radius 2 is 2.20 bits per heavy atom. The van der Waals surface area contributed by atoms with Gasteiger partial charge in [0, 0.05) is 19.1 Å². The van der Waals surface area contributed by atoms with Crippen LogP contribution < -0.4 is 10.1 Å². The molecule has 1 aromatic heterocycles. The minimum atomic E-state index is 0.00875. The fraction of sp³-hybridized carbons (Fsp3) is 0.474. The highest BCUT2D eigenvalue weighted by Crippen LogP contribution is 2.34. The van der Waals surface area contributed by atoms with E-state index in [4.69, 9.17) is 4.74 Å². The summed E-state index contributed by atoms with van der Waals surface area (Å²) >= 11 is 0. The Labute approximate surface area is 148 Å². The number of ether oxygens (including phenoxy) is 1. The quantitative estimate of drug-likeness (QED) is 0.877. The average molecular weight is 342 g/mol. The van der Waals surface area contributed by atoms with Gasteiger partial charge in [0.2, 0.25) is 5.91 Å². The van der Waals surface area contributed by atoms with Crippen molar-refractivity contribution in [2.75, 3.05) is 25.5 Å². The number of carbonyl (C=O) groups excluding carboxylic acids is 1. The number of benzene rings is 1. The maximum Gasteiger partial charge on any atom is 0.238 e. The molecule has 6 nitrogen and oxygen atoms in total. The molecule has 0 spiro atoms. The summed E-state index contributed by atoms with van der Waals surface area (Å²) in [6.07, 6.45) is 1.06. The van der Waals surface area contributed by atoms with Gasteiger partial charge in [-0.2, -0.15) is 5.10 Å². The van der Waals surface area contributed by atoms with Crippen molar-refractivity contribution in [2.45, 2.75) is 39.8 Å². The predicted molar refractivity (Wildman–Crippen MR) is 97.9 cm³/mol. The lowest BCUT2D eigenvalue weighted by Crippen LogP contribution is -2.45. The van der Waals surface area contributed by atoms with E-state index in [1.165, 1.54) is 5.56 Å². The summed E-state index contributed by atoms with van der Waals surface area (Å²) in [6.45, 7) is 8.08. The number of anilines is 1. The maximum absolute atomic E-state index is 12.5. The number of amides is 1. The molecule has 1 amide bonds. The molecule has 1 fully saturated rings. The zero-order valence-corrected chi connectivity index (χ0v) is 15.4. The number of nitrogens with zero attached hydrogens (tertiary/aromatic N) is 3. The van der Waals surface area contributed by atoms with E-state index >= 15 is 0 Å². The zero-order chi connectivity index (χ0) is 18.0. The Morgan fingerprint density at radius 3 is 2.80 bits per heavy atom. The highest BCUT2D eigenvalue weighted by atomic mass is 16.5. The Bertz CT molecular complexity index is 769. The van der Waals surface area contributed by atoms with Crippen molar-refractivity contribution >= 4 is 11.6 Å². The first kappa shape index (κ1) is 17.5. The van der Waals surface area contributed by atoms with Gasteiger partial charge < -0.3 is 10.1 Å². The van der Waals surface area contributed by atoms with Crippen LogP contribution >= 0.6 is 0 Å². The Hall–Kier alpha value is -2.34. The van der Waals surface area contributed by atoms with Crippen molar-refractivity contribution in [2.24, 2.45) is 0 Å². The van der Waals surface area contributed by atoms with Gasteiger partial charge in [-0.3, -0.25) is 14.4 Å². The molecule has 0 aliphatic carbocycles. The van der Waals surface area contributed by atoms with Gasteiger partial charge in [0.25, 0.3) is 0 Å². The molecule has 1 atom stereocenters. The summed E-state index contributed by atoms with van der Waals surface area (Å²) in [4.78, 5) is 14.7. The number of methoxy groups -OCH3 is 1. The van der Waals surface area contributed by atoms with Gasteiger partial charge in [-0.1, -0.05) is 12.1 Å². The first-order chi connectivity index (χ1) is 12.0. The molecule has 25 heavy (non-hydrogen) atoms. The molecule has 1 unspecified atom stereocenters. The molecule has 0 radical (unpaired) electrons. The van der Waals surface area contributed by atoms with Crippen molar-refractivity contribution in [3.8, 4) is 5.75 Å². The lowest BCUT2D eigenvalue weighted by molar-refractivity contribution is -0.119. The molecule has 3 rings (SSSR count). The molecular formula is C19H26N4O2. The van der Waals surface area contributed by atoms with Crippen LogP contribution in [0.3, 0.4) is 0 Å². The smallest absolute Gasteiger partial charge is 0.238 e. The average Bonchev–Trinajstić information content (AvgIpc) is 2.86. The van der Waals surface area contributed by atoms with Gasteiger partial charge in [0.05, 0.1) is 30.7 Å². The fourth-order valence-corrected chi connectivity index (χ4v) is 3.41. The second kappa shape index (κ2) is 7.27. The van der Waals surface area contributed by atoms with Crippen molar-refractivity contribution in [3.63, 3.8) is 0 Å². The number of likely N-dealkylation sites (tertiary alicyclic amines) is 1. The van der Waals surface area contributed by atoms with Gasteiger partial charge >= 0.3 is 0 Å². The van der Waals surface area contributed by atoms with Gasteiger partial charge in [-0.05, 0) is 44.9 Å². The number of carbonyl (C=O) groups is 1. The second-order valence-electron chi connectivity index (χ2n) is 6.46. The third kappa shape index (κ3) is 3.54. The summed E-state index contributed by atoms with van der Waals surface area (Å²) in [7, 11) is 1.67. The van der Waals surface area contributed by atoms with E-state index < -0.39 is 0 Å². The minimum absolute atomic E-state index is 0.00875. The van der Waals surface area contributed by atoms with Crippen molar-refractivity contribution in [1.29, 1.82) is 0 Å². The lowest BCUT2D eigenvalue weighted by atomic mass is 9.94. The molecular weight excluding hydrogens is 316 g/mol. The van der Waals surface area contributed by atoms with Crippen LogP contribution in [0.25, 0.3) is 0 Å². The van der Waals surface area contributed by atoms with Crippen LogP contribution in [-0.2, 0) is 11.3 Å². The van der Waals surface area contributed by atoms with E-state index in [9.17, 15) is 4.79 Å². The molecule has 134 valence electrons. The van der Waals surface area contributed by atoms with Crippen LogP contribution in [0.15, 0.2) is 24.3 Å². The molecule has 1 aliphatic heterocycles. The van der Waals surface area contributed by atoms with Gasteiger partial charge in [-0.25, -0.2) is 0 Å². The molecule has 2 aromatic rings. The van der Waals surface area contributed by atoms with Crippen molar-refractivity contribution in [1.82, 2.24) is 14.7 Å². The molecule has 6 heteroatoms. The van der Waals surface area contributed by atoms with Crippen LogP contribution in [-0.4, -0.2) is 40.8 Å². The van der Waals surface area contributed by atoms with Crippen LogP contribution in [0, 0.1) is 13.8 Å². The number of nitrogens with one attached hydrogen (secondary N) is 1. The third-order valence-corrected chi connectivity index (χ3v) is 4.90. The topological polar surface area (TPSA) is 59.4 Å². The van der Waals surface area contributed by atoms with E-state index in [-0.39, 0.29) is 11.9 Å². The molecule has 1 aliphatic rings. The van der Waals surface area contributed by atoms with Crippen LogP contribution in [0.1, 0.15) is 36.3 Å². The van der Waals surface area contributed by atoms with Crippen LogP contribution in [0.5, 0.6) is 5.75 Å². The maximum atomic E-state index is 12.5. The van der Waals surface area contributed by atoms with Crippen molar-refractivity contribution in [3.05, 3.63) is 41.2 Å². The summed E-state index contributed by atoms with van der Waals surface area (Å²) < 4.78 is 7.21. The van der Waals surface area contributed by atoms with Crippen LogP contribution in [0.4, 0.5) is 5.69 Å². The van der Waals surface area contributed by atoms with Gasteiger partial charge in [0.15, 0.2) is 0 Å². The van der Waals surface area contributed by atoms with Gasteiger partial charge in [0.1, 0.15) is 5.75 Å². The SMILES string of the molecule is CCn1nc(C)c(NC(=O)CN2CCC2c2cccc(OC)c2)c1C. The third-order valence-electron chi connectivity index (χ3n) is 4.90. The number of rotatable bonds is 6. The van der Waals surface area contributed by atoms with E-state index in [2.05, 4.69) is 21.4 Å². The Kier molecular flexibility index (Phi) is 5.08. The first-order valence-corrected chi connectivity index (χ1v) is 8.75. The highest BCUT2D eigenvalue weighted by molar-refractivity contribution is 5.93. The van der Waals surface area contributed by atoms with E-state index in [1.54, 1.807) is 7.11 Å². The van der Waals surface area contributed by atoms with E-state index in [1.807, 2.05) is 43.7 Å². The Balaban J connectivity index is 1.64. The lowest BCUT2D eigenvalue weighted by Gasteiger charge is -2.40. The summed E-state index contributed by atoms with van der Waals surface area (Å²) in [6, 6.07) is 8.36. The first-order valence-electron chi connectivity index (χ1n) is 8.75. The summed E-state index contributed by atoms with van der Waals surface area (Å²) in [5.74, 6) is 0.862. The van der Waals surface area contributed by atoms with Crippen molar-refractivity contribution < 1.29 is 9.53 Å². The number of aromatic nitrogens is 2. The number of hydrogen-bond acceptors (Lipinski definition) is 4. The summed E-state index contributed by atoms with van der Waals surface area (Å²) in [5.41, 5.74) is 3.90. The normalized spacial score (nSPS) is 17.2. The minimum Gasteiger partial charge on any atom is -0.497 e. The second-order valence-corrected chi connectivity index (χ2v) is 6.46. The largest absolute Gasteiger partial charge is 0.497 e. The highest BCUT2D eigenvalue weighted by Gasteiger charge is 2.31. The molecule has 1 N–H and O–H groups in total. The Morgan fingerprint density at radius 1 is 1.40 bits per heavy atom. The fourth-order valence-electron chi connectivity index (χ4n) is 3.41. The van der Waals surface area contributed by atoms with E-state index in [0.717, 1.165) is 42.3 Å². The van der Waals surface area contributed by atoms with Crippen LogP contribution in [0.2, 0.25) is 0 Å². The van der Waals surface area contributed by atoms with Gasteiger partial charge in [-0.15, -0.1) is 0 Å². The predicted octanol–water partition coefficient (Wildman–Crippen LogP) is 2.91. The van der Waals surface area contributed by atoms with E-state index in [0.29, 0.717) is 6.54 Å².